The summed E-state index contributed by atoms with van der Waals surface area (Å²) in [6, 6.07) is 5.85. The van der Waals surface area contributed by atoms with Crippen LogP contribution in [0.1, 0.15) is 11.3 Å². The summed E-state index contributed by atoms with van der Waals surface area (Å²) in [5.41, 5.74) is 1.15. The third-order valence-corrected chi connectivity index (χ3v) is 5.71. The van der Waals surface area contributed by atoms with Crippen LogP contribution in [0.2, 0.25) is 0 Å². The van der Waals surface area contributed by atoms with E-state index >= 15 is 0 Å². The summed E-state index contributed by atoms with van der Waals surface area (Å²) in [4.78, 5) is 13.1. The standard InChI is InChI=1S/C12H13FN2O3S2/c1-8-11(19-12(16)15-8)20(17,18)14-7-6-9-2-4-10(13)5-3-9/h2-5,14H,6-7H2,1H3,(H,15,16). The van der Waals surface area contributed by atoms with Gasteiger partial charge in [-0.25, -0.2) is 17.5 Å². The Morgan fingerprint density at radius 2 is 1.95 bits per heavy atom. The number of aromatic nitrogens is 1. The van der Waals surface area contributed by atoms with Crippen molar-refractivity contribution in [2.24, 2.45) is 0 Å². The molecule has 2 N–H and O–H groups in total. The van der Waals surface area contributed by atoms with Gasteiger partial charge in [0.05, 0.1) is 0 Å². The lowest BCUT2D eigenvalue weighted by Gasteiger charge is -2.05. The van der Waals surface area contributed by atoms with Crippen LogP contribution in [-0.4, -0.2) is 19.9 Å². The van der Waals surface area contributed by atoms with Crippen molar-refractivity contribution in [1.82, 2.24) is 9.71 Å². The second-order valence-corrected chi connectivity index (χ2v) is 7.15. The number of rotatable bonds is 5. The number of aryl methyl sites for hydroxylation is 1. The van der Waals surface area contributed by atoms with Crippen molar-refractivity contribution < 1.29 is 12.8 Å². The summed E-state index contributed by atoms with van der Waals surface area (Å²) in [6.45, 7) is 1.71. The van der Waals surface area contributed by atoms with E-state index in [0.717, 1.165) is 5.56 Å². The lowest BCUT2D eigenvalue weighted by molar-refractivity contribution is 0.582. The lowest BCUT2D eigenvalue weighted by Crippen LogP contribution is -2.25. The van der Waals surface area contributed by atoms with Crippen LogP contribution >= 0.6 is 11.3 Å². The molecule has 1 aromatic carbocycles. The summed E-state index contributed by atoms with van der Waals surface area (Å²) in [5.74, 6) is -0.331. The minimum absolute atomic E-state index is 0.00149. The summed E-state index contributed by atoms with van der Waals surface area (Å²) >= 11 is 0.658. The third kappa shape index (κ3) is 3.53. The highest BCUT2D eigenvalue weighted by molar-refractivity contribution is 7.91. The van der Waals surface area contributed by atoms with Crippen LogP contribution < -0.4 is 9.60 Å². The maximum Gasteiger partial charge on any atom is 0.305 e. The number of hydrogen-bond donors (Lipinski definition) is 2. The highest BCUT2D eigenvalue weighted by Gasteiger charge is 2.19. The molecule has 20 heavy (non-hydrogen) atoms. The van der Waals surface area contributed by atoms with E-state index in [4.69, 9.17) is 0 Å². The number of benzene rings is 1. The fraction of sp³-hybridized carbons (Fsp3) is 0.250. The molecule has 0 radical (unpaired) electrons. The van der Waals surface area contributed by atoms with Gasteiger partial charge in [-0.2, -0.15) is 0 Å². The van der Waals surface area contributed by atoms with Gasteiger partial charge in [0, 0.05) is 12.2 Å². The van der Waals surface area contributed by atoms with Crippen LogP contribution in [0.5, 0.6) is 0 Å². The topological polar surface area (TPSA) is 79.0 Å². The monoisotopic (exact) mass is 316 g/mol. The minimum atomic E-state index is -3.69. The normalized spacial score (nSPS) is 11.7. The maximum absolute atomic E-state index is 12.7. The first-order valence-corrected chi connectivity index (χ1v) is 8.12. The molecular weight excluding hydrogens is 303 g/mol. The van der Waals surface area contributed by atoms with Crippen molar-refractivity contribution in [2.75, 3.05) is 6.54 Å². The highest BCUT2D eigenvalue weighted by Crippen LogP contribution is 2.15. The summed E-state index contributed by atoms with van der Waals surface area (Å²) in [7, 11) is -3.69. The molecule has 0 aliphatic carbocycles. The molecule has 0 bridgehead atoms. The van der Waals surface area contributed by atoms with Crippen molar-refractivity contribution in [3.63, 3.8) is 0 Å². The van der Waals surface area contributed by atoms with Gasteiger partial charge in [-0.1, -0.05) is 23.5 Å². The van der Waals surface area contributed by atoms with Gasteiger partial charge in [0.25, 0.3) is 10.0 Å². The molecule has 108 valence electrons. The molecule has 0 amide bonds. The Balaban J connectivity index is 2.01. The maximum atomic E-state index is 12.7. The van der Waals surface area contributed by atoms with Crippen LogP contribution in [0.4, 0.5) is 4.39 Å². The smallest absolute Gasteiger partial charge is 0.305 e. The Bertz CT molecular complexity index is 748. The van der Waals surface area contributed by atoms with E-state index in [1.165, 1.54) is 19.1 Å². The second-order valence-electron chi connectivity index (χ2n) is 4.20. The Morgan fingerprint density at radius 1 is 1.30 bits per heavy atom. The highest BCUT2D eigenvalue weighted by atomic mass is 32.2. The van der Waals surface area contributed by atoms with Gasteiger partial charge >= 0.3 is 4.87 Å². The first-order valence-electron chi connectivity index (χ1n) is 5.82. The molecule has 0 aliphatic heterocycles. The van der Waals surface area contributed by atoms with Gasteiger partial charge in [-0.3, -0.25) is 4.79 Å². The van der Waals surface area contributed by atoms with E-state index in [2.05, 4.69) is 9.71 Å². The van der Waals surface area contributed by atoms with Gasteiger partial charge < -0.3 is 4.98 Å². The van der Waals surface area contributed by atoms with E-state index in [1.807, 2.05) is 0 Å². The number of aromatic amines is 1. The lowest BCUT2D eigenvalue weighted by atomic mass is 10.1. The molecule has 2 aromatic rings. The Kier molecular flexibility index (Phi) is 4.36. The molecule has 0 aliphatic rings. The Labute approximate surface area is 119 Å². The van der Waals surface area contributed by atoms with Crippen LogP contribution in [0.15, 0.2) is 33.3 Å². The van der Waals surface area contributed by atoms with E-state index in [1.54, 1.807) is 12.1 Å². The first kappa shape index (κ1) is 14.9. The summed E-state index contributed by atoms with van der Waals surface area (Å²) in [6.07, 6.45) is 0.442. The van der Waals surface area contributed by atoms with Crippen molar-refractivity contribution in [3.05, 3.63) is 51.0 Å². The predicted molar refractivity (Wildman–Crippen MR) is 75.0 cm³/mol. The molecule has 1 aromatic heterocycles. The van der Waals surface area contributed by atoms with E-state index in [9.17, 15) is 17.6 Å². The molecule has 0 unspecified atom stereocenters. The largest absolute Gasteiger partial charge is 0.315 e. The van der Waals surface area contributed by atoms with Gasteiger partial charge in [-0.15, -0.1) is 0 Å². The quantitative estimate of drug-likeness (QED) is 0.875. The van der Waals surface area contributed by atoms with Crippen molar-refractivity contribution in [2.45, 2.75) is 17.6 Å². The van der Waals surface area contributed by atoms with Crippen LogP contribution in [-0.2, 0) is 16.4 Å². The number of H-pyrrole nitrogens is 1. The average molecular weight is 316 g/mol. The fourth-order valence-corrected chi connectivity index (χ4v) is 4.07. The number of hydrogen-bond acceptors (Lipinski definition) is 4. The Morgan fingerprint density at radius 3 is 2.50 bits per heavy atom. The first-order chi connectivity index (χ1) is 9.38. The van der Waals surface area contributed by atoms with E-state index in [0.29, 0.717) is 23.5 Å². The molecule has 0 atom stereocenters. The molecule has 5 nitrogen and oxygen atoms in total. The minimum Gasteiger partial charge on any atom is -0.315 e. The Hall–Kier alpha value is -1.51. The number of sulfonamides is 1. The average Bonchev–Trinajstić information content (AvgIpc) is 2.72. The molecular formula is C12H13FN2O3S2. The van der Waals surface area contributed by atoms with Gasteiger partial charge in [-0.05, 0) is 31.0 Å². The van der Waals surface area contributed by atoms with Crippen molar-refractivity contribution in [1.29, 1.82) is 0 Å². The zero-order valence-corrected chi connectivity index (χ0v) is 12.3. The van der Waals surface area contributed by atoms with Crippen LogP contribution in [0.25, 0.3) is 0 Å². The second kappa shape index (κ2) is 5.86. The fourth-order valence-electron chi connectivity index (χ4n) is 1.69. The summed E-state index contributed by atoms with van der Waals surface area (Å²) in [5, 5.41) is 0. The van der Waals surface area contributed by atoms with Crippen LogP contribution in [0.3, 0.4) is 0 Å². The van der Waals surface area contributed by atoms with Crippen LogP contribution in [0, 0.1) is 12.7 Å². The van der Waals surface area contributed by atoms with Crippen molar-refractivity contribution >= 4 is 21.4 Å². The molecule has 2 rings (SSSR count). The predicted octanol–water partition coefficient (Wildman–Crippen LogP) is 1.40. The molecule has 0 spiro atoms. The van der Waals surface area contributed by atoms with E-state index < -0.39 is 14.9 Å². The van der Waals surface area contributed by atoms with Gasteiger partial charge in [0.2, 0.25) is 0 Å². The zero-order valence-electron chi connectivity index (χ0n) is 10.6. The molecule has 0 fully saturated rings. The number of thiazole rings is 1. The molecule has 8 heteroatoms. The number of nitrogens with one attached hydrogen (secondary N) is 2. The molecule has 0 saturated carbocycles. The van der Waals surface area contributed by atoms with Crippen molar-refractivity contribution in [3.8, 4) is 0 Å². The van der Waals surface area contributed by atoms with Gasteiger partial charge in [0.15, 0.2) is 4.21 Å². The summed E-state index contributed by atoms with van der Waals surface area (Å²) < 4.78 is 39.1. The SMILES string of the molecule is Cc1[nH]c(=O)sc1S(=O)(=O)NCCc1ccc(F)cc1. The zero-order chi connectivity index (χ0) is 14.8. The third-order valence-electron chi connectivity index (χ3n) is 2.64. The number of halogens is 1. The van der Waals surface area contributed by atoms with E-state index in [-0.39, 0.29) is 16.6 Å². The molecule has 1 heterocycles. The van der Waals surface area contributed by atoms with Gasteiger partial charge in [0.1, 0.15) is 5.82 Å². The molecule has 0 saturated heterocycles.